The number of methoxy groups -OCH3 is 2. The Hall–Kier alpha value is -3.35. The first-order valence-corrected chi connectivity index (χ1v) is 9.92. The van der Waals surface area contributed by atoms with E-state index in [2.05, 4.69) is 10.6 Å². The van der Waals surface area contributed by atoms with E-state index in [1.807, 2.05) is 0 Å². The van der Waals surface area contributed by atoms with Crippen molar-refractivity contribution in [1.29, 1.82) is 0 Å². The fourth-order valence-electron chi connectivity index (χ4n) is 4.61. The predicted octanol–water partition coefficient (Wildman–Crippen LogP) is 3.11. The van der Waals surface area contributed by atoms with Gasteiger partial charge in [-0.25, -0.2) is 4.79 Å². The van der Waals surface area contributed by atoms with Crippen molar-refractivity contribution in [2.24, 2.45) is 5.41 Å². The van der Waals surface area contributed by atoms with Crippen LogP contribution in [0.15, 0.2) is 48.5 Å². The third kappa shape index (κ3) is 3.10. The molecule has 2 aromatic rings. The second kappa shape index (κ2) is 7.82. The molecule has 0 radical (unpaired) electrons. The van der Waals surface area contributed by atoms with Crippen LogP contribution in [0.1, 0.15) is 42.5 Å². The van der Waals surface area contributed by atoms with E-state index in [4.69, 9.17) is 9.47 Å². The lowest BCUT2D eigenvalue weighted by Crippen LogP contribution is -2.65. The van der Waals surface area contributed by atoms with E-state index >= 15 is 0 Å². The Labute approximate surface area is 174 Å². The van der Waals surface area contributed by atoms with Crippen molar-refractivity contribution in [3.63, 3.8) is 0 Å². The van der Waals surface area contributed by atoms with Crippen LogP contribution < -0.4 is 20.1 Å². The van der Waals surface area contributed by atoms with E-state index < -0.39 is 23.5 Å². The number of amides is 2. The van der Waals surface area contributed by atoms with Gasteiger partial charge >= 0.3 is 6.03 Å². The van der Waals surface area contributed by atoms with Crippen LogP contribution in [0.4, 0.5) is 4.79 Å². The van der Waals surface area contributed by atoms with Crippen molar-refractivity contribution < 1.29 is 23.9 Å². The van der Waals surface area contributed by atoms with Crippen LogP contribution in [0.25, 0.3) is 0 Å². The first-order chi connectivity index (χ1) is 14.5. The maximum atomic E-state index is 13.4. The molecule has 4 rings (SSSR count). The van der Waals surface area contributed by atoms with Crippen LogP contribution in [0, 0.1) is 5.41 Å². The Morgan fingerprint density at radius 2 is 1.13 bits per heavy atom. The van der Waals surface area contributed by atoms with Crippen LogP contribution in [0.3, 0.4) is 0 Å². The lowest BCUT2D eigenvalue weighted by Gasteiger charge is -2.49. The van der Waals surface area contributed by atoms with Gasteiger partial charge in [0.2, 0.25) is 0 Å². The summed E-state index contributed by atoms with van der Waals surface area (Å²) in [6.45, 7) is 0. The van der Waals surface area contributed by atoms with Gasteiger partial charge in [-0.05, 0) is 41.8 Å². The van der Waals surface area contributed by atoms with Gasteiger partial charge < -0.3 is 20.1 Å². The zero-order valence-corrected chi connectivity index (χ0v) is 16.9. The van der Waals surface area contributed by atoms with Gasteiger partial charge in [0.25, 0.3) is 0 Å². The number of ketones is 2. The number of urea groups is 1. The molecule has 2 aromatic carbocycles. The summed E-state index contributed by atoms with van der Waals surface area (Å²) in [7, 11) is 3.13. The Morgan fingerprint density at radius 1 is 0.733 bits per heavy atom. The largest absolute Gasteiger partial charge is 0.497 e. The molecule has 2 unspecified atom stereocenters. The highest BCUT2D eigenvalue weighted by Gasteiger charge is 2.61. The highest BCUT2D eigenvalue weighted by molar-refractivity contribution is 6.12. The van der Waals surface area contributed by atoms with Gasteiger partial charge in [0.05, 0.1) is 26.3 Å². The summed E-state index contributed by atoms with van der Waals surface area (Å²) in [5.74, 6) is 0.989. The van der Waals surface area contributed by atoms with Crippen LogP contribution in [-0.2, 0) is 9.59 Å². The van der Waals surface area contributed by atoms with Gasteiger partial charge in [0.1, 0.15) is 16.9 Å². The first kappa shape index (κ1) is 19.9. The molecule has 1 aliphatic carbocycles. The summed E-state index contributed by atoms with van der Waals surface area (Å²) in [5, 5.41) is 5.71. The molecule has 1 spiro atoms. The average Bonchev–Trinajstić information content (AvgIpc) is 2.78. The number of benzene rings is 2. The number of nitrogens with one attached hydrogen (secondary N) is 2. The monoisotopic (exact) mass is 408 g/mol. The molecule has 156 valence electrons. The van der Waals surface area contributed by atoms with Gasteiger partial charge in [-0.2, -0.15) is 0 Å². The van der Waals surface area contributed by atoms with Crippen LogP contribution in [0.5, 0.6) is 11.5 Å². The number of carbonyl (C=O) groups excluding carboxylic acids is 3. The Kier molecular flexibility index (Phi) is 5.20. The minimum Gasteiger partial charge on any atom is -0.497 e. The third-order valence-corrected chi connectivity index (χ3v) is 6.09. The van der Waals surface area contributed by atoms with Gasteiger partial charge in [-0.1, -0.05) is 24.3 Å². The summed E-state index contributed by atoms with van der Waals surface area (Å²) in [5.41, 5.74) is -0.0458. The fourth-order valence-corrected chi connectivity index (χ4v) is 4.61. The van der Waals surface area contributed by atoms with Crippen molar-refractivity contribution in [2.75, 3.05) is 14.2 Å². The lowest BCUT2D eigenvalue weighted by atomic mass is 9.59. The molecule has 2 atom stereocenters. The highest BCUT2D eigenvalue weighted by Crippen LogP contribution is 2.51. The molecule has 1 aliphatic heterocycles. The Bertz CT molecular complexity index is 891. The molecular weight excluding hydrogens is 384 g/mol. The van der Waals surface area contributed by atoms with E-state index in [1.54, 1.807) is 62.8 Å². The van der Waals surface area contributed by atoms with Gasteiger partial charge in [0, 0.05) is 12.8 Å². The average molecular weight is 408 g/mol. The number of hydrogen-bond donors (Lipinski definition) is 2. The molecule has 2 amide bonds. The van der Waals surface area contributed by atoms with E-state index in [-0.39, 0.29) is 11.6 Å². The number of hydrogen-bond acceptors (Lipinski definition) is 5. The normalized spacial score (nSPS) is 22.9. The van der Waals surface area contributed by atoms with Gasteiger partial charge in [-0.15, -0.1) is 0 Å². The molecule has 1 saturated carbocycles. The first-order valence-electron chi connectivity index (χ1n) is 9.92. The fraction of sp³-hybridized carbons (Fsp3) is 0.348. The third-order valence-electron chi connectivity index (χ3n) is 6.09. The Morgan fingerprint density at radius 3 is 1.50 bits per heavy atom. The minimum atomic E-state index is -1.42. The van der Waals surface area contributed by atoms with Crippen molar-refractivity contribution in [3.05, 3.63) is 59.7 Å². The zero-order chi connectivity index (χ0) is 21.3. The lowest BCUT2D eigenvalue weighted by molar-refractivity contribution is -0.149. The quantitative estimate of drug-likeness (QED) is 0.759. The summed E-state index contributed by atoms with van der Waals surface area (Å²) < 4.78 is 10.4. The summed E-state index contributed by atoms with van der Waals surface area (Å²) in [6, 6.07) is 12.2. The maximum Gasteiger partial charge on any atom is 0.315 e. The van der Waals surface area contributed by atoms with Crippen molar-refractivity contribution in [2.45, 2.75) is 31.3 Å². The number of rotatable bonds is 4. The summed E-state index contributed by atoms with van der Waals surface area (Å²) in [4.78, 5) is 39.5. The topological polar surface area (TPSA) is 93.7 Å². The zero-order valence-electron chi connectivity index (χ0n) is 16.9. The number of ether oxygens (including phenoxy) is 2. The van der Waals surface area contributed by atoms with Crippen molar-refractivity contribution in [1.82, 2.24) is 10.6 Å². The molecular formula is C23H24N2O5. The van der Waals surface area contributed by atoms with Crippen molar-refractivity contribution in [3.8, 4) is 11.5 Å². The molecule has 30 heavy (non-hydrogen) atoms. The molecule has 2 fully saturated rings. The highest BCUT2D eigenvalue weighted by atomic mass is 16.5. The number of Topliss-reactive ketones (excluding diaryl/α,β-unsaturated/α-hetero) is 2. The minimum absolute atomic E-state index is 0.159. The predicted molar refractivity (Wildman–Crippen MR) is 109 cm³/mol. The number of carbonyl (C=O) groups is 3. The molecule has 1 saturated heterocycles. The van der Waals surface area contributed by atoms with E-state index in [1.165, 1.54) is 0 Å². The van der Waals surface area contributed by atoms with E-state index in [0.717, 1.165) is 0 Å². The SMILES string of the molecule is COc1ccc(C2NC(=O)NC(c3ccc(OC)cc3)C23C(=O)CCCC3=O)cc1. The van der Waals surface area contributed by atoms with Crippen LogP contribution >= 0.6 is 0 Å². The van der Waals surface area contributed by atoms with E-state index in [0.29, 0.717) is 41.9 Å². The van der Waals surface area contributed by atoms with Gasteiger partial charge in [-0.3, -0.25) is 9.59 Å². The molecule has 0 aromatic heterocycles. The van der Waals surface area contributed by atoms with Gasteiger partial charge in [0.15, 0.2) is 11.6 Å². The maximum absolute atomic E-state index is 13.4. The molecule has 2 N–H and O–H groups in total. The van der Waals surface area contributed by atoms with Crippen LogP contribution in [-0.4, -0.2) is 31.8 Å². The molecule has 7 nitrogen and oxygen atoms in total. The second-order valence-corrected chi connectivity index (χ2v) is 7.60. The summed E-state index contributed by atoms with van der Waals surface area (Å²) >= 11 is 0. The van der Waals surface area contributed by atoms with Crippen LogP contribution in [0.2, 0.25) is 0 Å². The standard InChI is InChI=1S/C23H24N2O5/c1-29-16-10-6-14(7-11-16)20-23(18(26)4-3-5-19(23)27)21(25-22(28)24-20)15-8-12-17(30-2)13-9-15/h6-13,20-21H,3-5H2,1-2H3,(H2,24,25,28). The van der Waals surface area contributed by atoms with E-state index in [9.17, 15) is 14.4 Å². The molecule has 0 bridgehead atoms. The smallest absolute Gasteiger partial charge is 0.315 e. The van der Waals surface area contributed by atoms with Crippen molar-refractivity contribution >= 4 is 17.6 Å². The Balaban J connectivity index is 1.88. The second-order valence-electron chi connectivity index (χ2n) is 7.60. The molecule has 2 aliphatic rings. The molecule has 7 heteroatoms. The summed E-state index contributed by atoms with van der Waals surface area (Å²) in [6.07, 6.45) is 1.11. The molecule has 1 heterocycles.